The molecule has 0 radical (unpaired) electrons. The molecule has 0 spiro atoms. The first-order chi connectivity index (χ1) is 10.1. The van der Waals surface area contributed by atoms with Gasteiger partial charge in [-0.3, -0.25) is 9.48 Å². The SMILES string of the molecule is Cn1ncc(I)c1C(=O)N/N=C\c1ccc2c(c1)OCO2. The third kappa shape index (κ3) is 2.84. The molecule has 2 aromatic rings. The highest BCUT2D eigenvalue weighted by Crippen LogP contribution is 2.31. The van der Waals surface area contributed by atoms with Crippen molar-refractivity contribution < 1.29 is 14.3 Å². The lowest BCUT2D eigenvalue weighted by Crippen LogP contribution is -2.21. The number of nitrogens with zero attached hydrogens (tertiary/aromatic N) is 3. The first-order valence-corrected chi connectivity index (χ1v) is 7.13. The number of nitrogens with one attached hydrogen (secondary N) is 1. The van der Waals surface area contributed by atoms with Crippen LogP contribution in [0.15, 0.2) is 29.5 Å². The summed E-state index contributed by atoms with van der Waals surface area (Å²) in [6, 6.07) is 5.43. The minimum Gasteiger partial charge on any atom is -0.454 e. The Balaban J connectivity index is 1.69. The van der Waals surface area contributed by atoms with Gasteiger partial charge in [-0.1, -0.05) is 0 Å². The van der Waals surface area contributed by atoms with E-state index in [9.17, 15) is 4.79 Å². The number of carbonyl (C=O) groups is 1. The molecular weight excluding hydrogens is 387 g/mol. The van der Waals surface area contributed by atoms with Gasteiger partial charge in [-0.05, 0) is 46.4 Å². The fourth-order valence-corrected chi connectivity index (χ4v) is 2.60. The Kier molecular flexibility index (Phi) is 3.78. The van der Waals surface area contributed by atoms with E-state index in [4.69, 9.17) is 9.47 Å². The lowest BCUT2D eigenvalue weighted by molar-refractivity contribution is 0.0945. The molecule has 1 N–H and O–H groups in total. The molecule has 1 aliphatic rings. The van der Waals surface area contributed by atoms with Gasteiger partial charge in [-0.25, -0.2) is 5.43 Å². The summed E-state index contributed by atoms with van der Waals surface area (Å²) in [6.07, 6.45) is 3.17. The summed E-state index contributed by atoms with van der Waals surface area (Å²) in [5, 5.41) is 7.95. The number of benzene rings is 1. The van der Waals surface area contributed by atoms with E-state index in [1.165, 1.54) is 4.68 Å². The van der Waals surface area contributed by atoms with E-state index in [0.29, 0.717) is 17.2 Å². The van der Waals surface area contributed by atoms with Crippen molar-refractivity contribution in [3.63, 3.8) is 0 Å². The summed E-state index contributed by atoms with van der Waals surface area (Å²) in [7, 11) is 1.71. The van der Waals surface area contributed by atoms with E-state index in [-0.39, 0.29) is 12.7 Å². The molecule has 0 fully saturated rings. The van der Waals surface area contributed by atoms with Gasteiger partial charge in [0.15, 0.2) is 11.5 Å². The Morgan fingerprint density at radius 2 is 2.29 bits per heavy atom. The highest BCUT2D eigenvalue weighted by molar-refractivity contribution is 14.1. The zero-order valence-corrected chi connectivity index (χ0v) is 13.2. The van der Waals surface area contributed by atoms with Crippen LogP contribution in [0.2, 0.25) is 0 Å². The van der Waals surface area contributed by atoms with Crippen molar-refractivity contribution in [3.05, 3.63) is 39.2 Å². The van der Waals surface area contributed by atoms with Crippen LogP contribution in [0.3, 0.4) is 0 Å². The molecule has 0 atom stereocenters. The fourth-order valence-electron chi connectivity index (χ4n) is 1.88. The summed E-state index contributed by atoms with van der Waals surface area (Å²) < 4.78 is 12.8. The molecule has 3 rings (SSSR count). The van der Waals surface area contributed by atoms with E-state index in [1.807, 2.05) is 6.07 Å². The van der Waals surface area contributed by atoms with Crippen LogP contribution in [0.1, 0.15) is 16.1 Å². The molecule has 0 saturated carbocycles. The molecule has 7 nitrogen and oxygen atoms in total. The maximum atomic E-state index is 12.0. The smallest absolute Gasteiger partial charge is 0.290 e. The van der Waals surface area contributed by atoms with Crippen LogP contribution in [-0.2, 0) is 7.05 Å². The van der Waals surface area contributed by atoms with E-state index < -0.39 is 0 Å². The number of aryl methyl sites for hydroxylation is 1. The molecule has 8 heteroatoms. The molecule has 0 bridgehead atoms. The molecule has 0 unspecified atom stereocenters. The van der Waals surface area contributed by atoms with Gasteiger partial charge >= 0.3 is 0 Å². The summed E-state index contributed by atoms with van der Waals surface area (Å²) in [6.45, 7) is 0.228. The Labute approximate surface area is 134 Å². The molecule has 21 heavy (non-hydrogen) atoms. The second-order valence-electron chi connectivity index (χ2n) is 4.28. The van der Waals surface area contributed by atoms with Crippen LogP contribution in [0.25, 0.3) is 0 Å². The molecule has 1 aromatic carbocycles. The molecule has 0 aliphatic carbocycles. The van der Waals surface area contributed by atoms with Crippen LogP contribution in [0, 0.1) is 3.57 Å². The van der Waals surface area contributed by atoms with E-state index >= 15 is 0 Å². The van der Waals surface area contributed by atoms with Crippen molar-refractivity contribution in [1.82, 2.24) is 15.2 Å². The second-order valence-corrected chi connectivity index (χ2v) is 5.44. The maximum Gasteiger partial charge on any atom is 0.290 e. The predicted molar refractivity (Wildman–Crippen MR) is 83.6 cm³/mol. The lowest BCUT2D eigenvalue weighted by Gasteiger charge is -2.01. The van der Waals surface area contributed by atoms with Gasteiger partial charge in [-0.15, -0.1) is 0 Å². The number of hydrogen-bond donors (Lipinski definition) is 1. The van der Waals surface area contributed by atoms with E-state index in [0.717, 1.165) is 9.13 Å². The first-order valence-electron chi connectivity index (χ1n) is 6.05. The molecule has 1 aromatic heterocycles. The van der Waals surface area contributed by atoms with Gasteiger partial charge in [0.1, 0.15) is 5.69 Å². The third-order valence-electron chi connectivity index (χ3n) is 2.89. The summed E-state index contributed by atoms with van der Waals surface area (Å²) in [4.78, 5) is 12.0. The zero-order valence-electron chi connectivity index (χ0n) is 11.0. The summed E-state index contributed by atoms with van der Waals surface area (Å²) >= 11 is 2.05. The van der Waals surface area contributed by atoms with Crippen LogP contribution < -0.4 is 14.9 Å². The third-order valence-corrected chi connectivity index (χ3v) is 3.67. The van der Waals surface area contributed by atoms with Crippen molar-refractivity contribution in [2.24, 2.45) is 12.1 Å². The number of hydrazone groups is 1. The summed E-state index contributed by atoms with van der Waals surface area (Å²) in [5.74, 6) is 1.07. The Hall–Kier alpha value is -2.10. The number of carbonyl (C=O) groups excluding carboxylic acids is 1. The number of aromatic nitrogens is 2. The quantitative estimate of drug-likeness (QED) is 0.483. The largest absolute Gasteiger partial charge is 0.454 e. The number of hydrogen-bond acceptors (Lipinski definition) is 5. The second kappa shape index (κ2) is 5.72. The average Bonchev–Trinajstić information content (AvgIpc) is 3.05. The van der Waals surface area contributed by atoms with Crippen molar-refractivity contribution in [1.29, 1.82) is 0 Å². The highest BCUT2D eigenvalue weighted by Gasteiger charge is 2.15. The van der Waals surface area contributed by atoms with Gasteiger partial charge < -0.3 is 9.47 Å². The van der Waals surface area contributed by atoms with Gasteiger partial charge in [-0.2, -0.15) is 10.2 Å². The topological polar surface area (TPSA) is 77.7 Å². The Bertz CT molecular complexity index is 707. The highest BCUT2D eigenvalue weighted by atomic mass is 127. The summed E-state index contributed by atoms with van der Waals surface area (Å²) in [5.41, 5.74) is 3.75. The van der Waals surface area contributed by atoms with Crippen LogP contribution >= 0.6 is 22.6 Å². The van der Waals surface area contributed by atoms with Gasteiger partial charge in [0.2, 0.25) is 6.79 Å². The van der Waals surface area contributed by atoms with Crippen LogP contribution in [-0.4, -0.2) is 28.7 Å². The van der Waals surface area contributed by atoms with Gasteiger partial charge in [0, 0.05) is 7.05 Å². The average molecular weight is 398 g/mol. The molecule has 2 heterocycles. The number of ether oxygens (including phenoxy) is 2. The zero-order chi connectivity index (χ0) is 14.8. The molecule has 108 valence electrons. The van der Waals surface area contributed by atoms with Gasteiger partial charge in [0.25, 0.3) is 5.91 Å². The molecule has 1 amide bonds. The van der Waals surface area contributed by atoms with Crippen LogP contribution in [0.5, 0.6) is 11.5 Å². The monoisotopic (exact) mass is 398 g/mol. The molecule has 0 saturated heterocycles. The van der Waals surface area contributed by atoms with Crippen molar-refractivity contribution in [3.8, 4) is 11.5 Å². The van der Waals surface area contributed by atoms with E-state index in [1.54, 1.807) is 31.6 Å². The molecular formula is C13H11IN4O3. The number of halogens is 1. The Morgan fingerprint density at radius 3 is 3.05 bits per heavy atom. The van der Waals surface area contributed by atoms with Crippen molar-refractivity contribution in [2.75, 3.05) is 6.79 Å². The lowest BCUT2D eigenvalue weighted by atomic mass is 10.2. The van der Waals surface area contributed by atoms with E-state index in [2.05, 4.69) is 38.2 Å². The van der Waals surface area contributed by atoms with Gasteiger partial charge in [0.05, 0.1) is 16.0 Å². The minimum absolute atomic E-state index is 0.228. The fraction of sp³-hybridized carbons (Fsp3) is 0.154. The number of fused-ring (bicyclic) bond motifs is 1. The first kappa shape index (κ1) is 13.9. The standard InChI is InChI=1S/C13H11IN4O3/c1-18-12(9(14)6-16-18)13(19)17-15-5-8-2-3-10-11(4-8)21-7-20-10/h2-6H,7H2,1H3,(H,17,19)/b15-5-. The minimum atomic E-state index is -0.309. The van der Waals surface area contributed by atoms with Crippen molar-refractivity contribution >= 4 is 34.7 Å². The predicted octanol–water partition coefficient (Wildman–Crippen LogP) is 1.52. The normalized spacial score (nSPS) is 12.9. The van der Waals surface area contributed by atoms with Crippen molar-refractivity contribution in [2.45, 2.75) is 0 Å². The molecule has 1 aliphatic heterocycles. The van der Waals surface area contributed by atoms with Crippen LogP contribution in [0.4, 0.5) is 0 Å². The maximum absolute atomic E-state index is 12.0. The Morgan fingerprint density at radius 1 is 1.48 bits per heavy atom. The number of amides is 1. The number of rotatable bonds is 3.